The van der Waals surface area contributed by atoms with E-state index >= 15 is 0 Å². The van der Waals surface area contributed by atoms with E-state index in [0.29, 0.717) is 32.6 Å². The molecular formula is C19H23N3O3S. The minimum atomic E-state index is -0.0209. The SMILES string of the molecule is COCC(=O)N1CCN(C(=O)Cc2ccc(-c3csc(C)n3)cc2)CC1. The molecule has 0 spiro atoms. The van der Waals surface area contributed by atoms with Crippen molar-refractivity contribution >= 4 is 23.2 Å². The van der Waals surface area contributed by atoms with Gasteiger partial charge >= 0.3 is 0 Å². The number of ether oxygens (including phenoxy) is 1. The lowest BCUT2D eigenvalue weighted by molar-refractivity contribution is -0.141. The predicted molar refractivity (Wildman–Crippen MR) is 101 cm³/mol. The van der Waals surface area contributed by atoms with Gasteiger partial charge in [0.15, 0.2) is 0 Å². The van der Waals surface area contributed by atoms with Crippen LogP contribution in [0.25, 0.3) is 11.3 Å². The van der Waals surface area contributed by atoms with E-state index in [1.54, 1.807) is 16.2 Å². The van der Waals surface area contributed by atoms with E-state index < -0.39 is 0 Å². The lowest BCUT2D eigenvalue weighted by atomic mass is 10.1. The molecule has 7 heteroatoms. The number of piperazine rings is 1. The molecule has 2 heterocycles. The quantitative estimate of drug-likeness (QED) is 0.804. The van der Waals surface area contributed by atoms with E-state index in [1.807, 2.05) is 41.5 Å². The van der Waals surface area contributed by atoms with E-state index in [1.165, 1.54) is 7.11 Å². The number of carbonyl (C=O) groups is 2. The van der Waals surface area contributed by atoms with Crippen molar-refractivity contribution in [3.63, 3.8) is 0 Å². The highest BCUT2D eigenvalue weighted by atomic mass is 32.1. The third kappa shape index (κ3) is 4.47. The monoisotopic (exact) mass is 373 g/mol. The Morgan fingerprint density at radius 1 is 1.08 bits per heavy atom. The molecule has 1 aromatic heterocycles. The highest BCUT2D eigenvalue weighted by Crippen LogP contribution is 2.22. The molecule has 2 aromatic rings. The zero-order valence-corrected chi connectivity index (χ0v) is 15.9. The van der Waals surface area contributed by atoms with Crippen molar-refractivity contribution in [1.82, 2.24) is 14.8 Å². The van der Waals surface area contributed by atoms with Gasteiger partial charge in [-0.15, -0.1) is 11.3 Å². The molecule has 1 aliphatic rings. The third-order valence-electron chi connectivity index (χ3n) is 4.48. The molecule has 0 N–H and O–H groups in total. The van der Waals surface area contributed by atoms with E-state index in [0.717, 1.165) is 21.8 Å². The maximum absolute atomic E-state index is 12.5. The number of carbonyl (C=O) groups excluding carboxylic acids is 2. The van der Waals surface area contributed by atoms with Gasteiger partial charge in [0.1, 0.15) is 6.61 Å². The Balaban J connectivity index is 1.53. The molecule has 1 saturated heterocycles. The van der Waals surface area contributed by atoms with Crippen LogP contribution in [0, 0.1) is 6.92 Å². The predicted octanol–water partition coefficient (Wildman–Crippen LogP) is 1.98. The summed E-state index contributed by atoms with van der Waals surface area (Å²) in [4.78, 5) is 32.4. The van der Waals surface area contributed by atoms with Crippen molar-refractivity contribution in [2.45, 2.75) is 13.3 Å². The molecule has 26 heavy (non-hydrogen) atoms. The summed E-state index contributed by atoms with van der Waals surface area (Å²) in [5.41, 5.74) is 3.03. The molecule has 0 saturated carbocycles. The summed E-state index contributed by atoms with van der Waals surface area (Å²) in [7, 11) is 1.51. The Bertz CT molecular complexity index is 765. The van der Waals surface area contributed by atoms with E-state index in [9.17, 15) is 9.59 Å². The van der Waals surface area contributed by atoms with Crippen molar-refractivity contribution in [1.29, 1.82) is 0 Å². The van der Waals surface area contributed by atoms with Crippen molar-refractivity contribution in [3.8, 4) is 11.3 Å². The summed E-state index contributed by atoms with van der Waals surface area (Å²) < 4.78 is 4.88. The van der Waals surface area contributed by atoms with Gasteiger partial charge in [-0.25, -0.2) is 4.98 Å². The van der Waals surface area contributed by atoms with Crippen LogP contribution in [-0.4, -0.2) is 66.5 Å². The van der Waals surface area contributed by atoms with Gasteiger partial charge in [0.25, 0.3) is 0 Å². The van der Waals surface area contributed by atoms with Gasteiger partial charge in [-0.1, -0.05) is 24.3 Å². The Morgan fingerprint density at radius 3 is 2.23 bits per heavy atom. The van der Waals surface area contributed by atoms with Gasteiger partial charge in [-0.3, -0.25) is 9.59 Å². The molecule has 1 aromatic carbocycles. The minimum Gasteiger partial charge on any atom is -0.375 e. The number of thiazole rings is 1. The second-order valence-electron chi connectivity index (χ2n) is 6.32. The van der Waals surface area contributed by atoms with Crippen LogP contribution in [0.2, 0.25) is 0 Å². The normalized spacial score (nSPS) is 14.5. The molecule has 1 fully saturated rings. The number of amides is 2. The smallest absolute Gasteiger partial charge is 0.248 e. The fourth-order valence-electron chi connectivity index (χ4n) is 3.00. The number of nitrogens with zero attached hydrogens (tertiary/aromatic N) is 3. The van der Waals surface area contributed by atoms with Crippen molar-refractivity contribution < 1.29 is 14.3 Å². The molecular weight excluding hydrogens is 350 g/mol. The van der Waals surface area contributed by atoms with E-state index in [4.69, 9.17) is 4.74 Å². The first-order valence-corrected chi connectivity index (χ1v) is 9.50. The molecule has 138 valence electrons. The number of rotatable bonds is 5. The summed E-state index contributed by atoms with van der Waals surface area (Å²) in [6.45, 7) is 4.36. The van der Waals surface area contributed by atoms with E-state index in [2.05, 4.69) is 4.98 Å². The Hall–Kier alpha value is -2.25. The van der Waals surface area contributed by atoms with Crippen LogP contribution in [0.15, 0.2) is 29.6 Å². The largest absolute Gasteiger partial charge is 0.375 e. The average Bonchev–Trinajstić information content (AvgIpc) is 3.09. The molecule has 3 rings (SSSR count). The van der Waals surface area contributed by atoms with Crippen molar-refractivity contribution in [3.05, 3.63) is 40.2 Å². The fourth-order valence-corrected chi connectivity index (χ4v) is 3.62. The Morgan fingerprint density at radius 2 is 1.69 bits per heavy atom. The standard InChI is InChI=1S/C19H23N3O3S/c1-14-20-17(13-26-14)16-5-3-15(4-6-16)11-18(23)21-7-9-22(10-8-21)19(24)12-25-2/h3-6,13H,7-12H2,1-2H3. The summed E-state index contributed by atoms with van der Waals surface area (Å²) in [6, 6.07) is 8.00. The number of hydrogen-bond acceptors (Lipinski definition) is 5. The maximum atomic E-state index is 12.5. The molecule has 6 nitrogen and oxygen atoms in total. The van der Waals surface area contributed by atoms with Gasteiger partial charge in [0.2, 0.25) is 11.8 Å². The highest BCUT2D eigenvalue weighted by molar-refractivity contribution is 7.09. The van der Waals surface area contributed by atoms with Gasteiger partial charge < -0.3 is 14.5 Å². The lowest BCUT2D eigenvalue weighted by Crippen LogP contribution is -2.51. The topological polar surface area (TPSA) is 62.7 Å². The number of aromatic nitrogens is 1. The van der Waals surface area contributed by atoms with Gasteiger partial charge in [-0.2, -0.15) is 0 Å². The first-order chi connectivity index (χ1) is 12.6. The van der Waals surface area contributed by atoms with Gasteiger partial charge in [0.05, 0.1) is 17.1 Å². The third-order valence-corrected chi connectivity index (χ3v) is 5.25. The fraction of sp³-hybridized carbons (Fsp3) is 0.421. The first-order valence-electron chi connectivity index (χ1n) is 8.63. The molecule has 1 aliphatic heterocycles. The second-order valence-corrected chi connectivity index (χ2v) is 7.38. The highest BCUT2D eigenvalue weighted by Gasteiger charge is 2.23. The summed E-state index contributed by atoms with van der Waals surface area (Å²) in [6.07, 6.45) is 0.377. The van der Waals surface area contributed by atoms with Crippen LogP contribution in [0.1, 0.15) is 10.6 Å². The van der Waals surface area contributed by atoms with Crippen LogP contribution in [-0.2, 0) is 20.7 Å². The second kappa shape index (κ2) is 8.42. The number of benzene rings is 1. The molecule has 2 amide bonds. The van der Waals surface area contributed by atoms with Crippen LogP contribution in [0.3, 0.4) is 0 Å². The van der Waals surface area contributed by atoms with E-state index in [-0.39, 0.29) is 18.4 Å². The van der Waals surface area contributed by atoms with Crippen LogP contribution in [0.4, 0.5) is 0 Å². The van der Waals surface area contributed by atoms with Crippen molar-refractivity contribution in [2.75, 3.05) is 39.9 Å². The number of aryl methyl sites for hydroxylation is 1. The summed E-state index contributed by atoms with van der Waals surface area (Å²) >= 11 is 1.63. The number of hydrogen-bond donors (Lipinski definition) is 0. The average molecular weight is 373 g/mol. The van der Waals surface area contributed by atoms with Crippen LogP contribution >= 0.6 is 11.3 Å². The molecule has 0 aliphatic carbocycles. The lowest BCUT2D eigenvalue weighted by Gasteiger charge is -2.34. The zero-order chi connectivity index (χ0) is 18.5. The summed E-state index contributed by atoms with van der Waals surface area (Å²) in [5, 5.41) is 3.09. The van der Waals surface area contributed by atoms with Gasteiger partial charge in [0, 0.05) is 44.2 Å². The van der Waals surface area contributed by atoms with Crippen LogP contribution < -0.4 is 0 Å². The molecule has 0 bridgehead atoms. The molecule has 0 radical (unpaired) electrons. The Labute approximate surface area is 157 Å². The number of methoxy groups -OCH3 is 1. The first kappa shape index (κ1) is 18.5. The molecule has 0 unspecified atom stereocenters. The van der Waals surface area contributed by atoms with Crippen molar-refractivity contribution in [2.24, 2.45) is 0 Å². The Kier molecular flexibility index (Phi) is 6.00. The van der Waals surface area contributed by atoms with Gasteiger partial charge in [-0.05, 0) is 12.5 Å². The maximum Gasteiger partial charge on any atom is 0.248 e. The van der Waals surface area contributed by atoms with Crippen LogP contribution in [0.5, 0.6) is 0 Å². The molecule has 0 atom stereocenters. The zero-order valence-electron chi connectivity index (χ0n) is 15.1. The summed E-state index contributed by atoms with van der Waals surface area (Å²) in [5.74, 6) is 0.0774. The minimum absolute atomic E-state index is 0.0209.